The van der Waals surface area contributed by atoms with E-state index in [1.807, 2.05) is 6.20 Å². The molecule has 16 heavy (non-hydrogen) atoms. The summed E-state index contributed by atoms with van der Waals surface area (Å²) in [5.74, 6) is 2.56. The number of hydrogen-bond acceptors (Lipinski definition) is 4. The largest absolute Gasteiger partial charge is 0.445 e. The van der Waals surface area contributed by atoms with Gasteiger partial charge in [-0.1, -0.05) is 13.8 Å². The van der Waals surface area contributed by atoms with Gasteiger partial charge in [-0.15, -0.1) is 0 Å². The minimum atomic E-state index is 0.268. The average molecular weight is 223 g/mol. The number of aromatic nitrogens is 1. The predicted octanol–water partition coefficient (Wildman–Crippen LogP) is 1.55. The van der Waals surface area contributed by atoms with Crippen molar-refractivity contribution in [3.05, 3.63) is 17.8 Å². The molecule has 1 aliphatic heterocycles. The van der Waals surface area contributed by atoms with Crippen molar-refractivity contribution in [2.45, 2.75) is 32.1 Å². The molecule has 2 heterocycles. The van der Waals surface area contributed by atoms with E-state index in [4.69, 9.17) is 10.2 Å². The van der Waals surface area contributed by atoms with Crippen LogP contribution < -0.4 is 5.73 Å². The average Bonchev–Trinajstić information content (AvgIpc) is 2.95. The molecule has 2 unspecified atom stereocenters. The lowest BCUT2D eigenvalue weighted by atomic mass is 10.1. The maximum atomic E-state index is 5.80. The molecule has 0 aliphatic carbocycles. The van der Waals surface area contributed by atoms with Crippen LogP contribution in [0.15, 0.2) is 10.6 Å². The molecule has 1 aliphatic rings. The van der Waals surface area contributed by atoms with E-state index in [0.29, 0.717) is 12.5 Å². The standard InChI is InChI=1S/C12H21N3O/c1-3-15-5-4-10(8-15)12-14-7-11(16-12)9(2)6-13/h7,9-10H,3-6,8,13H2,1-2H3. The van der Waals surface area contributed by atoms with Crippen molar-refractivity contribution in [3.8, 4) is 0 Å². The van der Waals surface area contributed by atoms with Gasteiger partial charge in [0.05, 0.1) is 6.20 Å². The van der Waals surface area contributed by atoms with Gasteiger partial charge in [-0.3, -0.25) is 0 Å². The zero-order valence-electron chi connectivity index (χ0n) is 10.1. The number of nitrogens with zero attached hydrogens (tertiary/aromatic N) is 2. The van der Waals surface area contributed by atoms with E-state index in [1.165, 1.54) is 0 Å². The van der Waals surface area contributed by atoms with Gasteiger partial charge in [-0.05, 0) is 19.5 Å². The second-order valence-electron chi connectivity index (χ2n) is 4.62. The summed E-state index contributed by atoms with van der Waals surface area (Å²) in [6, 6.07) is 0. The van der Waals surface area contributed by atoms with Crippen LogP contribution in [0.25, 0.3) is 0 Å². The van der Waals surface area contributed by atoms with Crippen LogP contribution in [0, 0.1) is 0 Å². The molecule has 1 aromatic rings. The van der Waals surface area contributed by atoms with Crippen LogP contribution >= 0.6 is 0 Å². The number of oxazole rings is 1. The van der Waals surface area contributed by atoms with E-state index in [-0.39, 0.29) is 5.92 Å². The normalized spacial score (nSPS) is 23.8. The fraction of sp³-hybridized carbons (Fsp3) is 0.750. The van der Waals surface area contributed by atoms with Crippen LogP contribution in [-0.4, -0.2) is 36.1 Å². The zero-order chi connectivity index (χ0) is 11.5. The lowest BCUT2D eigenvalue weighted by Crippen LogP contribution is -2.19. The molecule has 4 nitrogen and oxygen atoms in total. The van der Waals surface area contributed by atoms with Crippen molar-refractivity contribution in [1.29, 1.82) is 0 Å². The van der Waals surface area contributed by atoms with Crippen molar-refractivity contribution >= 4 is 0 Å². The molecule has 1 fully saturated rings. The maximum absolute atomic E-state index is 5.80. The quantitative estimate of drug-likeness (QED) is 0.841. The fourth-order valence-corrected chi connectivity index (χ4v) is 2.15. The van der Waals surface area contributed by atoms with Crippen LogP contribution in [-0.2, 0) is 0 Å². The molecule has 90 valence electrons. The van der Waals surface area contributed by atoms with Gasteiger partial charge >= 0.3 is 0 Å². The van der Waals surface area contributed by atoms with Crippen LogP contribution in [0.1, 0.15) is 43.8 Å². The summed E-state index contributed by atoms with van der Waals surface area (Å²) in [5, 5.41) is 0. The first-order valence-corrected chi connectivity index (χ1v) is 6.12. The number of hydrogen-bond donors (Lipinski definition) is 1. The SMILES string of the molecule is CCN1CCC(c2ncc(C(C)CN)o2)C1. The van der Waals surface area contributed by atoms with Gasteiger partial charge in [-0.2, -0.15) is 0 Å². The van der Waals surface area contributed by atoms with Crippen LogP contribution in [0.4, 0.5) is 0 Å². The highest BCUT2D eigenvalue weighted by Crippen LogP contribution is 2.28. The molecule has 0 bridgehead atoms. The third kappa shape index (κ3) is 2.28. The molecule has 4 heteroatoms. The Morgan fingerprint density at radius 3 is 3.12 bits per heavy atom. The molecule has 2 atom stereocenters. The molecule has 2 rings (SSSR count). The van der Waals surface area contributed by atoms with Crippen molar-refractivity contribution < 1.29 is 4.42 Å². The molecular weight excluding hydrogens is 202 g/mol. The summed E-state index contributed by atoms with van der Waals surface area (Å²) < 4.78 is 5.80. The first-order chi connectivity index (χ1) is 7.74. The highest BCUT2D eigenvalue weighted by atomic mass is 16.4. The van der Waals surface area contributed by atoms with Crippen molar-refractivity contribution in [1.82, 2.24) is 9.88 Å². The van der Waals surface area contributed by atoms with Crippen molar-refractivity contribution in [3.63, 3.8) is 0 Å². The van der Waals surface area contributed by atoms with Crippen molar-refractivity contribution in [2.24, 2.45) is 5.73 Å². The van der Waals surface area contributed by atoms with Crippen LogP contribution in [0.2, 0.25) is 0 Å². The summed E-state index contributed by atoms with van der Waals surface area (Å²) in [5.41, 5.74) is 5.61. The molecule has 1 aromatic heterocycles. The van der Waals surface area contributed by atoms with Crippen LogP contribution in [0.5, 0.6) is 0 Å². The monoisotopic (exact) mass is 223 g/mol. The lowest BCUT2D eigenvalue weighted by molar-refractivity contribution is 0.340. The third-order valence-corrected chi connectivity index (χ3v) is 3.45. The molecule has 0 saturated carbocycles. The molecule has 0 aromatic carbocycles. The van der Waals surface area contributed by atoms with E-state index in [0.717, 1.165) is 37.7 Å². The van der Waals surface area contributed by atoms with Crippen LogP contribution in [0.3, 0.4) is 0 Å². The maximum Gasteiger partial charge on any atom is 0.198 e. The highest BCUT2D eigenvalue weighted by Gasteiger charge is 2.26. The Labute approximate surface area is 96.8 Å². The Balaban J connectivity index is 2.02. The Morgan fingerprint density at radius 2 is 2.50 bits per heavy atom. The Bertz CT molecular complexity index is 337. The minimum absolute atomic E-state index is 0.268. The Hall–Kier alpha value is -0.870. The van der Waals surface area contributed by atoms with E-state index in [2.05, 4.69) is 23.7 Å². The minimum Gasteiger partial charge on any atom is -0.445 e. The summed E-state index contributed by atoms with van der Waals surface area (Å²) in [7, 11) is 0. The third-order valence-electron chi connectivity index (χ3n) is 3.45. The second-order valence-corrected chi connectivity index (χ2v) is 4.62. The van der Waals surface area contributed by atoms with E-state index in [1.54, 1.807) is 0 Å². The Kier molecular flexibility index (Phi) is 3.61. The fourth-order valence-electron chi connectivity index (χ4n) is 2.15. The topological polar surface area (TPSA) is 55.3 Å². The summed E-state index contributed by atoms with van der Waals surface area (Å²) in [6.07, 6.45) is 2.99. The van der Waals surface area contributed by atoms with Gasteiger partial charge in [0.1, 0.15) is 5.76 Å². The van der Waals surface area contributed by atoms with E-state index in [9.17, 15) is 0 Å². The van der Waals surface area contributed by atoms with Gasteiger partial charge in [0.25, 0.3) is 0 Å². The van der Waals surface area contributed by atoms with Crippen molar-refractivity contribution in [2.75, 3.05) is 26.2 Å². The van der Waals surface area contributed by atoms with Gasteiger partial charge in [-0.25, -0.2) is 4.98 Å². The Morgan fingerprint density at radius 1 is 1.69 bits per heavy atom. The van der Waals surface area contributed by atoms with Gasteiger partial charge < -0.3 is 15.1 Å². The van der Waals surface area contributed by atoms with E-state index >= 15 is 0 Å². The number of rotatable bonds is 4. The van der Waals surface area contributed by atoms with Gasteiger partial charge in [0, 0.05) is 24.9 Å². The molecular formula is C12H21N3O. The molecule has 0 spiro atoms. The zero-order valence-corrected chi connectivity index (χ0v) is 10.1. The predicted molar refractivity (Wildman–Crippen MR) is 63.4 cm³/mol. The second kappa shape index (κ2) is 4.97. The summed E-state index contributed by atoms with van der Waals surface area (Å²) >= 11 is 0. The van der Waals surface area contributed by atoms with Gasteiger partial charge in [0.15, 0.2) is 5.89 Å². The molecule has 0 radical (unpaired) electrons. The molecule has 1 saturated heterocycles. The smallest absolute Gasteiger partial charge is 0.198 e. The number of likely N-dealkylation sites (N-methyl/N-ethyl adjacent to an activating group) is 1. The first kappa shape index (κ1) is 11.6. The molecule has 0 amide bonds. The van der Waals surface area contributed by atoms with Gasteiger partial charge in [0.2, 0.25) is 0 Å². The molecule has 2 N–H and O–H groups in total. The lowest BCUT2D eigenvalue weighted by Gasteiger charge is -2.11. The summed E-state index contributed by atoms with van der Waals surface area (Å²) in [4.78, 5) is 6.82. The number of nitrogens with two attached hydrogens (primary N) is 1. The first-order valence-electron chi connectivity index (χ1n) is 6.12. The summed E-state index contributed by atoms with van der Waals surface area (Å²) in [6.45, 7) is 8.22. The number of likely N-dealkylation sites (tertiary alicyclic amines) is 1. The highest BCUT2D eigenvalue weighted by molar-refractivity contribution is 5.05. The van der Waals surface area contributed by atoms with E-state index < -0.39 is 0 Å².